The number of carboxylic acid groups (broad SMARTS) is 1. The summed E-state index contributed by atoms with van der Waals surface area (Å²) >= 11 is 0. The van der Waals surface area contributed by atoms with E-state index in [2.05, 4.69) is 16.0 Å². The minimum Gasteiger partial charge on any atom is -0.480 e. The van der Waals surface area contributed by atoms with Gasteiger partial charge in [0.2, 0.25) is 29.5 Å². The van der Waals surface area contributed by atoms with Crippen LogP contribution in [0.3, 0.4) is 0 Å². The fourth-order valence-corrected chi connectivity index (χ4v) is 2.62. The SMILES string of the molecule is NCCCCC(NC(=O)C(CCC(N)=O)NC(=O)C(CC(N)=O)NC(=O)C(N)CO)C(=O)O. The number of aliphatic hydroxyl groups is 1. The van der Waals surface area contributed by atoms with E-state index in [0.29, 0.717) is 19.4 Å². The van der Waals surface area contributed by atoms with Gasteiger partial charge in [0.1, 0.15) is 24.2 Å². The van der Waals surface area contributed by atoms with Crippen LogP contribution in [0.1, 0.15) is 38.5 Å². The first kappa shape index (κ1) is 29.7. The van der Waals surface area contributed by atoms with Crippen molar-refractivity contribution in [1.82, 2.24) is 16.0 Å². The molecule has 0 fully saturated rings. The highest BCUT2D eigenvalue weighted by Crippen LogP contribution is 2.05. The number of nitrogens with one attached hydrogen (secondary N) is 3. The Balaban J connectivity index is 5.50. The number of hydrogen-bond donors (Lipinski definition) is 9. The highest BCUT2D eigenvalue weighted by atomic mass is 16.4. The predicted molar refractivity (Wildman–Crippen MR) is 114 cm³/mol. The summed E-state index contributed by atoms with van der Waals surface area (Å²) in [5, 5.41) is 24.9. The molecule has 5 amide bonds. The number of aliphatic carboxylic acids is 1. The lowest BCUT2D eigenvalue weighted by molar-refractivity contribution is -0.142. The molecule has 0 aliphatic rings. The van der Waals surface area contributed by atoms with Crippen molar-refractivity contribution in [3.63, 3.8) is 0 Å². The Kier molecular flexibility index (Phi) is 13.9. The van der Waals surface area contributed by atoms with Crippen molar-refractivity contribution < 1.29 is 39.0 Å². The number of rotatable bonds is 17. The van der Waals surface area contributed by atoms with Gasteiger partial charge in [-0.25, -0.2) is 4.79 Å². The van der Waals surface area contributed by atoms with Crippen LogP contribution in [0.4, 0.5) is 0 Å². The molecule has 0 aromatic heterocycles. The van der Waals surface area contributed by atoms with Crippen LogP contribution in [-0.2, 0) is 28.8 Å². The second kappa shape index (κ2) is 15.5. The Morgan fingerprint density at radius 1 is 0.758 bits per heavy atom. The third-order valence-electron chi connectivity index (χ3n) is 4.45. The number of carbonyl (C=O) groups is 6. The largest absolute Gasteiger partial charge is 0.480 e. The van der Waals surface area contributed by atoms with Gasteiger partial charge in [-0.15, -0.1) is 0 Å². The maximum absolute atomic E-state index is 12.7. The minimum atomic E-state index is -1.55. The van der Waals surface area contributed by atoms with Gasteiger partial charge in [0.15, 0.2) is 0 Å². The number of carboxylic acids is 1. The highest BCUT2D eigenvalue weighted by Gasteiger charge is 2.31. The average Bonchev–Trinajstić information content (AvgIpc) is 2.73. The van der Waals surface area contributed by atoms with Crippen molar-refractivity contribution in [1.29, 1.82) is 0 Å². The summed E-state index contributed by atoms with van der Waals surface area (Å²) in [6.07, 6.45) is -0.234. The van der Waals surface area contributed by atoms with Crippen molar-refractivity contribution in [2.24, 2.45) is 22.9 Å². The fourth-order valence-electron chi connectivity index (χ4n) is 2.62. The van der Waals surface area contributed by atoms with Gasteiger partial charge >= 0.3 is 5.97 Å². The van der Waals surface area contributed by atoms with Crippen molar-refractivity contribution in [2.45, 2.75) is 62.7 Å². The van der Waals surface area contributed by atoms with E-state index in [1.54, 1.807) is 0 Å². The number of carbonyl (C=O) groups excluding carboxylic acids is 5. The number of amides is 5. The van der Waals surface area contributed by atoms with E-state index in [-0.39, 0.29) is 19.3 Å². The van der Waals surface area contributed by atoms with Crippen LogP contribution in [0.2, 0.25) is 0 Å². The molecule has 188 valence electrons. The van der Waals surface area contributed by atoms with Crippen LogP contribution in [0.5, 0.6) is 0 Å². The summed E-state index contributed by atoms with van der Waals surface area (Å²) < 4.78 is 0. The van der Waals surface area contributed by atoms with Gasteiger partial charge < -0.3 is 49.1 Å². The van der Waals surface area contributed by atoms with Gasteiger partial charge in [0.25, 0.3) is 0 Å². The number of nitrogens with two attached hydrogens (primary N) is 4. The molecule has 0 bridgehead atoms. The van der Waals surface area contributed by atoms with Crippen molar-refractivity contribution >= 4 is 35.5 Å². The Morgan fingerprint density at radius 2 is 1.30 bits per heavy atom. The van der Waals surface area contributed by atoms with Crippen molar-refractivity contribution in [3.8, 4) is 0 Å². The maximum atomic E-state index is 12.7. The number of primary amides is 2. The van der Waals surface area contributed by atoms with Crippen LogP contribution in [0.15, 0.2) is 0 Å². The zero-order valence-electron chi connectivity index (χ0n) is 18.1. The minimum absolute atomic E-state index is 0.0775. The number of hydrogen-bond acceptors (Lipinski definition) is 9. The van der Waals surface area contributed by atoms with Crippen LogP contribution in [0.25, 0.3) is 0 Å². The number of aliphatic hydroxyl groups excluding tert-OH is 1. The smallest absolute Gasteiger partial charge is 0.326 e. The summed E-state index contributed by atoms with van der Waals surface area (Å²) in [6, 6.07) is -5.62. The summed E-state index contributed by atoms with van der Waals surface area (Å²) in [5.74, 6) is -5.94. The van der Waals surface area contributed by atoms with Crippen LogP contribution < -0.4 is 38.9 Å². The predicted octanol–water partition coefficient (Wildman–Crippen LogP) is -4.89. The second-order valence-electron chi connectivity index (χ2n) is 7.27. The van der Waals surface area contributed by atoms with Gasteiger partial charge in [0, 0.05) is 6.42 Å². The first-order chi connectivity index (χ1) is 15.4. The van der Waals surface area contributed by atoms with E-state index < -0.39 is 72.7 Å². The van der Waals surface area contributed by atoms with Gasteiger partial charge in [-0.2, -0.15) is 0 Å². The monoisotopic (exact) mass is 475 g/mol. The van der Waals surface area contributed by atoms with E-state index >= 15 is 0 Å². The molecule has 15 heteroatoms. The maximum Gasteiger partial charge on any atom is 0.326 e. The van der Waals surface area contributed by atoms with Crippen molar-refractivity contribution in [3.05, 3.63) is 0 Å². The molecule has 0 aliphatic carbocycles. The Morgan fingerprint density at radius 3 is 1.79 bits per heavy atom. The Labute approximate surface area is 190 Å². The van der Waals surface area contributed by atoms with Crippen LogP contribution in [0, 0.1) is 0 Å². The molecule has 0 aromatic rings. The molecule has 0 heterocycles. The summed E-state index contributed by atoms with van der Waals surface area (Å²) in [7, 11) is 0. The van der Waals surface area contributed by atoms with Crippen LogP contribution in [-0.4, -0.2) is 83.0 Å². The third-order valence-corrected chi connectivity index (χ3v) is 4.45. The Bertz CT molecular complexity index is 718. The molecule has 0 aliphatic heterocycles. The summed E-state index contributed by atoms with van der Waals surface area (Å²) in [4.78, 5) is 71.1. The van der Waals surface area contributed by atoms with E-state index in [1.165, 1.54) is 0 Å². The van der Waals surface area contributed by atoms with Gasteiger partial charge in [-0.1, -0.05) is 0 Å². The van der Waals surface area contributed by atoms with Gasteiger partial charge in [-0.3, -0.25) is 24.0 Å². The van der Waals surface area contributed by atoms with Crippen molar-refractivity contribution in [2.75, 3.05) is 13.2 Å². The zero-order valence-corrected chi connectivity index (χ0v) is 18.1. The Hall–Kier alpha value is -3.30. The zero-order chi connectivity index (χ0) is 25.6. The van der Waals surface area contributed by atoms with E-state index in [9.17, 15) is 33.9 Å². The molecule has 0 saturated carbocycles. The summed E-state index contributed by atoms with van der Waals surface area (Å²) in [5.41, 5.74) is 20.9. The molecule has 4 unspecified atom stereocenters. The molecule has 0 saturated heterocycles. The molecule has 0 aromatic carbocycles. The third kappa shape index (κ3) is 12.4. The molecule has 0 spiro atoms. The molecule has 4 atom stereocenters. The standard InChI is InChI=1S/C18H33N7O8/c19-6-2-1-3-11(18(32)33)24-16(30)10(4-5-13(21)27)23-17(31)12(7-14(22)28)25-15(29)9(20)8-26/h9-12,26H,1-8,19-20H2,(H2,21,27)(H2,22,28)(H,23,31)(H,24,30)(H,25,29)(H,32,33). The summed E-state index contributed by atoms with van der Waals surface area (Å²) in [6.45, 7) is -0.397. The second-order valence-corrected chi connectivity index (χ2v) is 7.27. The first-order valence-corrected chi connectivity index (χ1v) is 10.2. The lowest BCUT2D eigenvalue weighted by atomic mass is 10.1. The average molecular weight is 476 g/mol. The quantitative estimate of drug-likeness (QED) is 0.0903. The molecule has 15 nitrogen and oxygen atoms in total. The fraction of sp³-hybridized carbons (Fsp3) is 0.667. The van der Waals surface area contributed by atoms with Crippen LogP contribution >= 0.6 is 0 Å². The van der Waals surface area contributed by atoms with E-state index in [0.717, 1.165) is 0 Å². The molecular weight excluding hydrogens is 442 g/mol. The lowest BCUT2D eigenvalue weighted by Gasteiger charge is -2.24. The molecule has 33 heavy (non-hydrogen) atoms. The molecule has 13 N–H and O–H groups in total. The molecule has 0 radical (unpaired) electrons. The molecule has 0 rings (SSSR count). The van der Waals surface area contributed by atoms with Gasteiger partial charge in [0.05, 0.1) is 13.0 Å². The lowest BCUT2D eigenvalue weighted by Crippen LogP contribution is -2.58. The van der Waals surface area contributed by atoms with Gasteiger partial charge in [-0.05, 0) is 32.2 Å². The highest BCUT2D eigenvalue weighted by molar-refractivity contribution is 5.96. The topological polar surface area (TPSA) is 283 Å². The molecular formula is C18H33N7O8. The number of unbranched alkanes of at least 4 members (excludes halogenated alkanes) is 1. The first-order valence-electron chi connectivity index (χ1n) is 10.2. The van der Waals surface area contributed by atoms with E-state index in [1.807, 2.05) is 0 Å². The van der Waals surface area contributed by atoms with E-state index in [4.69, 9.17) is 28.0 Å². The normalized spacial score (nSPS) is 14.3.